The Hall–Kier alpha value is 2.23. The number of hydrogen-bond donors (Lipinski definition) is 0. The molecule has 0 heterocycles. The van der Waals surface area contributed by atoms with Crippen LogP contribution in [0.25, 0.3) is 0 Å². The second-order valence-electron chi connectivity index (χ2n) is 0. The largest absolute Gasteiger partial charge is 5.00 e. The van der Waals surface area contributed by atoms with Crippen LogP contribution in [-0.2, 0) is 60.6 Å². The maximum atomic E-state index is 0. The van der Waals surface area contributed by atoms with Gasteiger partial charge in [0.05, 0.1) is 0 Å². The first kappa shape index (κ1) is 34.2. The van der Waals surface area contributed by atoms with Gasteiger partial charge in [0.1, 0.15) is 0 Å². The van der Waals surface area contributed by atoms with Gasteiger partial charge in [0.15, 0.2) is 0 Å². The van der Waals surface area contributed by atoms with Crippen molar-refractivity contribution in [2.75, 3.05) is 0 Å². The molecule has 1 nitrogen and oxygen atoms in total. The van der Waals surface area contributed by atoms with Crippen molar-refractivity contribution in [2.24, 2.45) is 0 Å². The Labute approximate surface area is 69.6 Å². The molecule has 0 saturated carbocycles. The molecular weight excluding hydrogens is 317 g/mol. The summed E-state index contributed by atoms with van der Waals surface area (Å²) >= 11 is 0. The zero-order valence-corrected chi connectivity index (χ0v) is 9.61. The summed E-state index contributed by atoms with van der Waals surface area (Å²) in [5.74, 6) is 0. The maximum Gasteiger partial charge on any atom is 5.00 e. The predicted molar refractivity (Wildman–Crippen MR) is 11.8 cm³/mol. The molecule has 0 aromatic carbocycles. The maximum absolute atomic E-state index is 0. The monoisotopic (exact) mass is 320 g/mol. The van der Waals surface area contributed by atoms with E-state index in [1.807, 2.05) is 0 Å². The summed E-state index contributed by atoms with van der Waals surface area (Å²) < 4.78 is 0. The third kappa shape index (κ3) is 8.87. The van der Waals surface area contributed by atoms with Crippen LogP contribution in [0.1, 0.15) is 0 Å². The second kappa shape index (κ2) is 18.8. The van der Waals surface area contributed by atoms with E-state index in [1.165, 1.54) is 0 Å². The third-order valence-electron chi connectivity index (χ3n) is 0. The molecule has 0 aliphatic carbocycles. The first-order valence-corrected chi connectivity index (χ1v) is 0. The minimum atomic E-state index is 0. The Balaban J connectivity index is 0. The van der Waals surface area contributed by atoms with E-state index >= 15 is 0 Å². The molecule has 0 rings (SSSR count). The van der Waals surface area contributed by atoms with Crippen LogP contribution in [-0.4, -0.2) is 0 Å². The fourth-order valence-corrected chi connectivity index (χ4v) is 0. The van der Waals surface area contributed by atoms with Crippen LogP contribution in [0.15, 0.2) is 0 Å². The third-order valence-corrected chi connectivity index (χ3v) is 0. The topological polar surface area (TPSA) is 28.5 Å². The second-order valence-corrected chi connectivity index (χ2v) is 0. The summed E-state index contributed by atoms with van der Waals surface area (Å²) in [6, 6.07) is 0. The average molecular weight is 320 g/mol. The Morgan fingerprint density at radius 3 is 1.00 bits per heavy atom. The van der Waals surface area contributed by atoms with Crippen LogP contribution in [0, 0.1) is 0 Å². The standard InChI is InChI=1S/O.H3P.Ta.Y/h;1H3;;/q-2;;+5;+3. The van der Waals surface area contributed by atoms with Crippen LogP contribution >= 0.6 is 9.90 Å². The van der Waals surface area contributed by atoms with E-state index in [4.69, 9.17) is 0 Å². The predicted octanol–water partition coefficient (Wildman–Crippen LogP) is -0.0657. The Morgan fingerprint density at radius 1 is 1.00 bits per heavy atom. The van der Waals surface area contributed by atoms with E-state index in [9.17, 15) is 0 Å². The first-order chi connectivity index (χ1) is 0. The number of hydrogen-bond acceptors (Lipinski definition) is 0. The van der Waals surface area contributed by atoms with E-state index in [0.717, 1.165) is 0 Å². The minimum Gasteiger partial charge on any atom is -2.00 e. The summed E-state index contributed by atoms with van der Waals surface area (Å²) in [6.07, 6.45) is 0. The van der Waals surface area contributed by atoms with Gasteiger partial charge < -0.3 is 5.48 Å². The van der Waals surface area contributed by atoms with Crippen molar-refractivity contribution in [3.05, 3.63) is 0 Å². The van der Waals surface area contributed by atoms with Gasteiger partial charge >= 0.3 is 55.1 Å². The molecule has 0 radical (unpaired) electrons. The molecule has 0 spiro atoms. The van der Waals surface area contributed by atoms with Gasteiger partial charge in [-0.1, -0.05) is 0 Å². The van der Waals surface area contributed by atoms with Crippen molar-refractivity contribution in [1.82, 2.24) is 0 Å². The summed E-state index contributed by atoms with van der Waals surface area (Å²) in [7, 11) is 0. The van der Waals surface area contributed by atoms with Crippen LogP contribution in [0.4, 0.5) is 0 Å². The molecule has 4 heteroatoms. The van der Waals surface area contributed by atoms with Crippen molar-refractivity contribution < 1.29 is 60.6 Å². The molecule has 0 N–H and O–H groups in total. The molecule has 0 saturated heterocycles. The van der Waals surface area contributed by atoms with Crippen LogP contribution in [0.5, 0.6) is 0 Å². The van der Waals surface area contributed by atoms with E-state index in [1.54, 1.807) is 0 Å². The summed E-state index contributed by atoms with van der Waals surface area (Å²) in [6.45, 7) is 0. The summed E-state index contributed by atoms with van der Waals surface area (Å²) in [5, 5.41) is 0. The van der Waals surface area contributed by atoms with Crippen molar-refractivity contribution in [2.45, 2.75) is 0 Å². The van der Waals surface area contributed by atoms with Gasteiger partial charge in [-0.25, -0.2) is 0 Å². The molecule has 1 atom stereocenters. The molecule has 0 aliphatic heterocycles. The fourth-order valence-electron chi connectivity index (χ4n) is 0. The van der Waals surface area contributed by atoms with Crippen LogP contribution in [0.3, 0.4) is 0 Å². The van der Waals surface area contributed by atoms with Gasteiger partial charge in [0.25, 0.3) is 0 Å². The van der Waals surface area contributed by atoms with E-state index in [0.29, 0.717) is 0 Å². The summed E-state index contributed by atoms with van der Waals surface area (Å²) in [4.78, 5) is 0. The van der Waals surface area contributed by atoms with Gasteiger partial charge in [-0.3, -0.25) is 0 Å². The van der Waals surface area contributed by atoms with Crippen molar-refractivity contribution in [3.8, 4) is 0 Å². The molecule has 0 amide bonds. The van der Waals surface area contributed by atoms with Gasteiger partial charge in [0.2, 0.25) is 0 Å². The zero-order chi connectivity index (χ0) is 0. The SMILES string of the molecule is P.[O-2].[Ta+5].[Y+3]. The van der Waals surface area contributed by atoms with Gasteiger partial charge in [-0.2, -0.15) is 9.90 Å². The average Bonchev–Trinajstić information content (AvgIpc) is 0. The molecule has 4 heavy (non-hydrogen) atoms. The molecule has 1 unspecified atom stereocenters. The molecule has 0 bridgehead atoms. The first-order valence-electron chi connectivity index (χ1n) is 0. The van der Waals surface area contributed by atoms with Crippen LogP contribution < -0.4 is 0 Å². The van der Waals surface area contributed by atoms with Gasteiger partial charge in [-0.15, -0.1) is 0 Å². The Kier molecular flexibility index (Phi) is 161. The Bertz CT molecular complexity index is 8.00. The molecule has 0 aliphatic rings. The zero-order valence-electron chi connectivity index (χ0n) is 2.14. The van der Waals surface area contributed by atoms with Crippen molar-refractivity contribution >= 4 is 9.90 Å². The van der Waals surface area contributed by atoms with Gasteiger partial charge in [0, 0.05) is 0 Å². The quantitative estimate of drug-likeness (QED) is 0.560. The molecule has 16 valence electrons. The smallest absolute Gasteiger partial charge is 2.00 e. The van der Waals surface area contributed by atoms with E-state index in [-0.39, 0.29) is 70.5 Å². The normalized spacial score (nSPS) is 0. The van der Waals surface area contributed by atoms with E-state index < -0.39 is 0 Å². The Morgan fingerprint density at radius 2 is 1.00 bits per heavy atom. The molecule has 0 aromatic heterocycles. The molecule has 0 fully saturated rings. The molecule has 0 aromatic rings. The van der Waals surface area contributed by atoms with Crippen molar-refractivity contribution in [3.63, 3.8) is 0 Å². The van der Waals surface area contributed by atoms with Gasteiger partial charge in [-0.05, 0) is 0 Å². The van der Waals surface area contributed by atoms with Crippen LogP contribution in [0.2, 0.25) is 0 Å². The van der Waals surface area contributed by atoms with Crippen molar-refractivity contribution in [1.29, 1.82) is 0 Å². The minimum absolute atomic E-state index is 0. The summed E-state index contributed by atoms with van der Waals surface area (Å²) in [5.41, 5.74) is 0. The molecular formula is H3OPTaY+6. The fraction of sp³-hybridized carbons (Fsp3) is 0. The number of rotatable bonds is 0. The van der Waals surface area contributed by atoms with E-state index in [2.05, 4.69) is 0 Å².